The van der Waals surface area contributed by atoms with Crippen LogP contribution in [0.2, 0.25) is 0 Å². The van der Waals surface area contributed by atoms with Gasteiger partial charge < -0.3 is 4.74 Å². The van der Waals surface area contributed by atoms with E-state index in [-0.39, 0.29) is 29.4 Å². The Morgan fingerprint density at radius 2 is 1.55 bits per heavy atom. The molecule has 2 bridgehead atoms. The Labute approximate surface area is 243 Å². The summed E-state index contributed by atoms with van der Waals surface area (Å²) >= 11 is 0. The highest BCUT2D eigenvalue weighted by Crippen LogP contribution is 2.56. The summed E-state index contributed by atoms with van der Waals surface area (Å²) < 4.78 is 5.66. The van der Waals surface area contributed by atoms with E-state index in [4.69, 9.17) is 9.72 Å². The molecule has 1 aliphatic heterocycles. The van der Waals surface area contributed by atoms with Crippen molar-refractivity contribution < 1.29 is 23.9 Å². The second kappa shape index (κ2) is 10.0. The van der Waals surface area contributed by atoms with E-state index in [1.54, 1.807) is 49.4 Å². The number of nitrogens with zero attached hydrogens (tertiary/aromatic N) is 2. The molecule has 3 aromatic carbocycles. The van der Waals surface area contributed by atoms with E-state index in [0.29, 0.717) is 45.2 Å². The Hall–Kier alpha value is -4.65. The zero-order valence-electron chi connectivity index (χ0n) is 23.4. The fraction of sp³-hybridized carbons (Fsp3) is 0.286. The van der Waals surface area contributed by atoms with E-state index in [1.807, 2.05) is 43.3 Å². The maximum atomic E-state index is 13.5. The molecule has 1 aromatic heterocycles. The van der Waals surface area contributed by atoms with Gasteiger partial charge in [-0.25, -0.2) is 9.78 Å². The molecule has 0 spiro atoms. The largest absolute Gasteiger partial charge is 0.451 e. The molecule has 5 unspecified atom stereocenters. The van der Waals surface area contributed by atoms with Gasteiger partial charge in [0.2, 0.25) is 17.6 Å². The van der Waals surface area contributed by atoms with Crippen molar-refractivity contribution in [2.45, 2.75) is 39.2 Å². The summed E-state index contributed by atoms with van der Waals surface area (Å²) in [7, 11) is 0. The lowest BCUT2D eigenvalue weighted by molar-refractivity contribution is -0.123. The molecule has 7 nitrogen and oxygen atoms in total. The number of hydrogen-bond donors (Lipinski definition) is 0. The van der Waals surface area contributed by atoms with Crippen molar-refractivity contribution in [3.05, 3.63) is 95.6 Å². The van der Waals surface area contributed by atoms with Gasteiger partial charge in [-0.05, 0) is 75.3 Å². The topological polar surface area (TPSA) is 93.6 Å². The standard InChI is InChI=1S/C35H30N2O5/c1-19-8-15-28-26(16-19)27(35(41)42-20(2)32(38)22-6-4-3-5-7-22)18-29(36-28)21-11-13-25(14-12-21)37-33(39)30-23-9-10-24(17-23)31(30)34(37)40/h3-8,11-16,18,20,23-24,30-31H,9-10,17H2,1-2H3. The van der Waals surface area contributed by atoms with E-state index in [2.05, 4.69) is 0 Å². The van der Waals surface area contributed by atoms with Gasteiger partial charge in [-0.3, -0.25) is 19.3 Å². The van der Waals surface area contributed by atoms with E-state index < -0.39 is 12.1 Å². The molecule has 3 aliphatic rings. The van der Waals surface area contributed by atoms with Crippen LogP contribution in [0, 0.1) is 30.6 Å². The predicted octanol–water partition coefficient (Wildman–Crippen LogP) is 6.17. The molecule has 7 rings (SSSR count). The first-order valence-electron chi connectivity index (χ1n) is 14.5. The van der Waals surface area contributed by atoms with E-state index in [0.717, 1.165) is 30.4 Å². The SMILES string of the molecule is Cc1ccc2nc(-c3ccc(N4C(=O)C5C6CCC(C6)C5C4=O)cc3)cc(C(=O)OC(C)C(=O)c3ccccc3)c2c1. The Morgan fingerprint density at radius 1 is 0.881 bits per heavy atom. The van der Waals surface area contributed by atoms with E-state index >= 15 is 0 Å². The van der Waals surface area contributed by atoms with E-state index in [9.17, 15) is 19.2 Å². The number of amides is 2. The Balaban J connectivity index is 1.19. The predicted molar refractivity (Wildman–Crippen MR) is 158 cm³/mol. The minimum absolute atomic E-state index is 0.0756. The van der Waals surface area contributed by atoms with Crippen LogP contribution in [0.15, 0.2) is 78.9 Å². The average Bonchev–Trinajstić information content (AvgIpc) is 3.70. The van der Waals surface area contributed by atoms with Crippen LogP contribution in [0.3, 0.4) is 0 Å². The van der Waals surface area contributed by atoms with E-state index in [1.165, 1.54) is 4.90 Å². The number of benzene rings is 3. The van der Waals surface area contributed by atoms with Crippen molar-refractivity contribution in [2.24, 2.45) is 23.7 Å². The first-order chi connectivity index (χ1) is 20.3. The van der Waals surface area contributed by atoms with Crippen molar-refractivity contribution in [1.29, 1.82) is 0 Å². The quantitative estimate of drug-likeness (QED) is 0.160. The second-order valence-electron chi connectivity index (χ2n) is 11.8. The summed E-state index contributed by atoms with van der Waals surface area (Å²) in [5.41, 5.74) is 4.19. The zero-order chi connectivity index (χ0) is 29.1. The average molecular weight is 559 g/mol. The summed E-state index contributed by atoms with van der Waals surface area (Å²) in [6, 6.07) is 23.3. The van der Waals surface area contributed by atoms with Gasteiger partial charge in [0.25, 0.3) is 0 Å². The number of imide groups is 1. The first kappa shape index (κ1) is 26.3. The molecule has 2 heterocycles. The Morgan fingerprint density at radius 3 is 2.21 bits per heavy atom. The summed E-state index contributed by atoms with van der Waals surface area (Å²) in [5.74, 6) is -0.737. The lowest BCUT2D eigenvalue weighted by atomic mass is 9.81. The molecular weight excluding hydrogens is 528 g/mol. The molecule has 5 atom stereocenters. The number of ether oxygens (including phenoxy) is 1. The van der Waals surface area contributed by atoms with Crippen molar-refractivity contribution in [2.75, 3.05) is 4.90 Å². The van der Waals surface area contributed by atoms with Crippen molar-refractivity contribution in [3.8, 4) is 11.3 Å². The minimum atomic E-state index is -0.971. The molecule has 4 aromatic rings. The highest BCUT2D eigenvalue weighted by molar-refractivity contribution is 6.22. The van der Waals surface area contributed by atoms with Crippen LogP contribution in [0.1, 0.15) is 52.5 Å². The summed E-state index contributed by atoms with van der Waals surface area (Å²) in [6.45, 7) is 3.51. The number of carbonyl (C=O) groups excluding carboxylic acids is 4. The first-order valence-corrected chi connectivity index (χ1v) is 14.5. The number of esters is 1. The zero-order valence-corrected chi connectivity index (χ0v) is 23.4. The van der Waals surface area contributed by atoms with Gasteiger partial charge in [0.15, 0.2) is 6.10 Å². The summed E-state index contributed by atoms with van der Waals surface area (Å²) in [5, 5.41) is 0.633. The van der Waals surface area contributed by atoms with Crippen LogP contribution < -0.4 is 4.90 Å². The maximum absolute atomic E-state index is 13.5. The van der Waals surface area contributed by atoms with Gasteiger partial charge in [-0.1, -0.05) is 54.1 Å². The number of pyridine rings is 1. The molecule has 3 fully saturated rings. The number of aromatic nitrogens is 1. The van der Waals surface area contributed by atoms with Gasteiger partial charge in [0.1, 0.15) is 0 Å². The lowest BCUT2D eigenvalue weighted by Crippen LogP contribution is -2.32. The van der Waals surface area contributed by atoms with Crippen LogP contribution in [-0.2, 0) is 14.3 Å². The number of hydrogen-bond acceptors (Lipinski definition) is 6. The number of carbonyl (C=O) groups is 4. The number of anilines is 1. The number of ketones is 1. The Bertz CT molecular complexity index is 1740. The second-order valence-corrected chi connectivity index (χ2v) is 11.8. The molecule has 2 saturated carbocycles. The fourth-order valence-corrected chi connectivity index (χ4v) is 7.22. The van der Waals surface area contributed by atoms with Crippen molar-refractivity contribution in [3.63, 3.8) is 0 Å². The van der Waals surface area contributed by atoms with Crippen LogP contribution in [0.5, 0.6) is 0 Å². The molecule has 210 valence electrons. The molecule has 1 saturated heterocycles. The van der Waals surface area contributed by atoms with Crippen LogP contribution >= 0.6 is 0 Å². The van der Waals surface area contributed by atoms with Crippen LogP contribution in [0.25, 0.3) is 22.2 Å². The minimum Gasteiger partial charge on any atom is -0.451 e. The van der Waals surface area contributed by atoms with Crippen molar-refractivity contribution >= 4 is 40.2 Å². The monoisotopic (exact) mass is 558 g/mol. The normalized spacial score (nSPS) is 23.3. The molecule has 0 radical (unpaired) electrons. The summed E-state index contributed by atoms with van der Waals surface area (Å²) in [4.78, 5) is 59.1. The van der Waals surface area contributed by atoms with Crippen molar-refractivity contribution in [1.82, 2.24) is 4.98 Å². The molecule has 42 heavy (non-hydrogen) atoms. The van der Waals surface area contributed by atoms with Gasteiger partial charge in [-0.15, -0.1) is 0 Å². The third kappa shape index (κ3) is 4.23. The van der Waals surface area contributed by atoms with Crippen LogP contribution in [0.4, 0.5) is 5.69 Å². The fourth-order valence-electron chi connectivity index (χ4n) is 7.22. The number of fused-ring (bicyclic) bond motifs is 6. The van der Waals surface area contributed by atoms with Gasteiger partial charge >= 0.3 is 5.97 Å². The molecule has 2 amide bonds. The lowest BCUT2D eigenvalue weighted by Gasteiger charge is -2.19. The maximum Gasteiger partial charge on any atom is 0.339 e. The highest BCUT2D eigenvalue weighted by Gasteiger charge is 2.61. The Kier molecular flexibility index (Phi) is 6.26. The van der Waals surface area contributed by atoms with Gasteiger partial charge in [-0.2, -0.15) is 0 Å². The molecule has 2 aliphatic carbocycles. The number of rotatable bonds is 6. The molecule has 0 N–H and O–H groups in total. The highest BCUT2D eigenvalue weighted by atomic mass is 16.5. The van der Waals surface area contributed by atoms with Gasteiger partial charge in [0, 0.05) is 16.5 Å². The van der Waals surface area contributed by atoms with Gasteiger partial charge in [0.05, 0.1) is 34.3 Å². The number of Topliss-reactive ketones (excluding diaryl/α,β-unsaturated/α-hetero) is 1. The van der Waals surface area contributed by atoms with Crippen LogP contribution in [-0.4, -0.2) is 34.7 Å². The molecular formula is C35H30N2O5. The molecule has 7 heteroatoms. The number of aryl methyl sites for hydroxylation is 1. The third-order valence-electron chi connectivity index (χ3n) is 9.24. The smallest absolute Gasteiger partial charge is 0.339 e. The summed E-state index contributed by atoms with van der Waals surface area (Å²) in [6.07, 6.45) is 2.10. The third-order valence-corrected chi connectivity index (χ3v) is 9.24.